The summed E-state index contributed by atoms with van der Waals surface area (Å²) in [7, 11) is -2.20. The topological polar surface area (TPSA) is 103 Å². The minimum absolute atomic E-state index is 0.0527. The molecule has 0 aromatic carbocycles. The third kappa shape index (κ3) is 4.67. The van der Waals surface area contributed by atoms with Gasteiger partial charge in [0, 0.05) is 12.3 Å². The van der Waals surface area contributed by atoms with Gasteiger partial charge in [-0.2, -0.15) is 0 Å². The summed E-state index contributed by atoms with van der Waals surface area (Å²) in [5.41, 5.74) is -1.10. The van der Waals surface area contributed by atoms with Gasteiger partial charge in [-0.1, -0.05) is 26.8 Å². The van der Waals surface area contributed by atoms with Crippen molar-refractivity contribution in [1.82, 2.24) is 9.55 Å². The lowest BCUT2D eigenvalue weighted by Gasteiger charge is -2.40. The van der Waals surface area contributed by atoms with Crippen molar-refractivity contribution in [3.8, 4) is 0 Å². The van der Waals surface area contributed by atoms with E-state index in [0.717, 1.165) is 0 Å². The molecule has 0 saturated carbocycles. The predicted octanol–water partition coefficient (Wildman–Crippen LogP) is 1.39. The molecule has 1 aromatic heterocycles. The van der Waals surface area contributed by atoms with Crippen LogP contribution in [0.1, 0.15) is 27.0 Å². The van der Waals surface area contributed by atoms with E-state index in [2.05, 4.69) is 45.4 Å². The molecule has 8 nitrogen and oxygen atoms in total. The molecule has 0 radical (unpaired) electrons. The maximum atomic E-state index is 12.2. The van der Waals surface area contributed by atoms with Crippen LogP contribution in [0.5, 0.6) is 0 Å². The Balaban J connectivity index is 2.43. The van der Waals surface area contributed by atoms with Crippen molar-refractivity contribution in [1.29, 1.82) is 0 Å². The Morgan fingerprint density at radius 2 is 2.04 bits per heavy atom. The summed E-state index contributed by atoms with van der Waals surface area (Å²) in [6.07, 6.45) is 0.276. The van der Waals surface area contributed by atoms with E-state index in [0.29, 0.717) is 0 Å². The molecular formula is C18H30N2O6Si. The molecule has 2 heterocycles. The van der Waals surface area contributed by atoms with Crippen molar-refractivity contribution >= 4 is 8.32 Å². The second-order valence-corrected chi connectivity index (χ2v) is 13.0. The molecule has 1 aliphatic heterocycles. The van der Waals surface area contributed by atoms with Gasteiger partial charge in [-0.15, -0.1) is 6.58 Å². The predicted molar refractivity (Wildman–Crippen MR) is 104 cm³/mol. The summed E-state index contributed by atoms with van der Waals surface area (Å²) >= 11 is 0. The first-order valence-electron chi connectivity index (χ1n) is 9.00. The van der Waals surface area contributed by atoms with Crippen LogP contribution < -0.4 is 11.2 Å². The van der Waals surface area contributed by atoms with Crippen LogP contribution in [-0.4, -0.2) is 54.5 Å². The standard InChI is InChI=1S/C18H30N2O6Si/c1-7-10-24-15-14(26-27(5,6)18(2,3)4)12(11-21)25-16(15)20-9-8-13(22)19-17(20)23/h7-9,12,14-16,21H,1,10-11H2,2-6H3,(H,19,22,23)/t12-,14-,15+,16-/m1/s1. The molecule has 0 amide bonds. The number of aromatic nitrogens is 2. The highest BCUT2D eigenvalue weighted by atomic mass is 28.4. The van der Waals surface area contributed by atoms with Gasteiger partial charge in [0.15, 0.2) is 14.5 Å². The van der Waals surface area contributed by atoms with Crippen LogP contribution in [0, 0.1) is 0 Å². The van der Waals surface area contributed by atoms with E-state index in [-0.39, 0.29) is 18.3 Å². The molecule has 1 aliphatic rings. The normalized spacial score (nSPS) is 26.3. The Hall–Kier alpha value is -1.52. The average Bonchev–Trinajstić information content (AvgIpc) is 2.88. The summed E-state index contributed by atoms with van der Waals surface area (Å²) < 4.78 is 19.6. The van der Waals surface area contributed by atoms with Crippen molar-refractivity contribution in [3.63, 3.8) is 0 Å². The highest BCUT2D eigenvalue weighted by molar-refractivity contribution is 6.74. The number of aromatic amines is 1. The number of ether oxygens (including phenoxy) is 2. The lowest BCUT2D eigenvalue weighted by molar-refractivity contribution is -0.0685. The van der Waals surface area contributed by atoms with Gasteiger partial charge < -0.3 is 19.0 Å². The van der Waals surface area contributed by atoms with Crippen LogP contribution in [0.4, 0.5) is 0 Å². The van der Waals surface area contributed by atoms with Crippen LogP contribution in [0.25, 0.3) is 0 Å². The average molecular weight is 399 g/mol. The highest BCUT2D eigenvalue weighted by Gasteiger charge is 2.51. The van der Waals surface area contributed by atoms with Crippen molar-refractivity contribution in [3.05, 3.63) is 45.8 Å². The maximum Gasteiger partial charge on any atom is 0.330 e. The number of hydrogen-bond acceptors (Lipinski definition) is 6. The highest BCUT2D eigenvalue weighted by Crippen LogP contribution is 2.41. The second-order valence-electron chi connectivity index (χ2n) is 8.19. The first-order chi connectivity index (χ1) is 12.5. The molecule has 152 valence electrons. The van der Waals surface area contributed by atoms with E-state index in [1.165, 1.54) is 16.8 Å². The van der Waals surface area contributed by atoms with Crippen molar-refractivity contribution in [2.45, 2.75) is 63.4 Å². The fourth-order valence-corrected chi connectivity index (χ4v) is 4.04. The molecule has 27 heavy (non-hydrogen) atoms. The molecular weight excluding hydrogens is 368 g/mol. The van der Waals surface area contributed by atoms with Gasteiger partial charge in [-0.25, -0.2) is 4.79 Å². The molecule has 1 fully saturated rings. The molecule has 0 bridgehead atoms. The molecule has 4 atom stereocenters. The molecule has 0 aliphatic carbocycles. The van der Waals surface area contributed by atoms with Crippen LogP contribution in [0.3, 0.4) is 0 Å². The van der Waals surface area contributed by atoms with Gasteiger partial charge in [-0.05, 0) is 18.1 Å². The Morgan fingerprint density at radius 1 is 1.37 bits per heavy atom. The lowest BCUT2D eigenvalue weighted by Crippen LogP contribution is -2.50. The number of aliphatic hydroxyl groups is 1. The number of nitrogens with zero attached hydrogens (tertiary/aromatic N) is 1. The zero-order chi connectivity index (χ0) is 20.4. The number of hydrogen-bond donors (Lipinski definition) is 2. The molecule has 1 saturated heterocycles. The van der Waals surface area contributed by atoms with Crippen molar-refractivity contribution < 1.29 is 19.0 Å². The maximum absolute atomic E-state index is 12.2. The quantitative estimate of drug-likeness (QED) is 0.531. The van der Waals surface area contributed by atoms with Crippen molar-refractivity contribution in [2.24, 2.45) is 0 Å². The number of rotatable bonds is 7. The van der Waals surface area contributed by atoms with E-state index in [1.54, 1.807) is 6.08 Å². The van der Waals surface area contributed by atoms with Crippen LogP contribution in [-0.2, 0) is 13.9 Å². The number of H-pyrrole nitrogens is 1. The number of aliphatic hydroxyl groups excluding tert-OH is 1. The van der Waals surface area contributed by atoms with E-state index in [9.17, 15) is 14.7 Å². The molecule has 2 N–H and O–H groups in total. The van der Waals surface area contributed by atoms with Gasteiger partial charge in [0.05, 0.1) is 13.2 Å². The Kier molecular flexibility index (Phi) is 6.64. The fourth-order valence-electron chi connectivity index (χ4n) is 2.72. The Bertz CT molecular complexity index is 766. The van der Waals surface area contributed by atoms with Gasteiger partial charge in [0.2, 0.25) is 0 Å². The lowest BCUT2D eigenvalue weighted by atomic mass is 10.1. The molecule has 0 unspecified atom stereocenters. The SMILES string of the molecule is C=CCO[C@H]1[C@H](O[Si](C)(C)C(C)(C)C)[C@@H](CO)O[C@H]1n1ccc(=O)[nH]c1=O. The first-order valence-corrected chi connectivity index (χ1v) is 11.9. The monoisotopic (exact) mass is 398 g/mol. The van der Waals surface area contributed by atoms with Gasteiger partial charge >= 0.3 is 5.69 Å². The van der Waals surface area contributed by atoms with Gasteiger partial charge in [0.1, 0.15) is 18.3 Å². The van der Waals surface area contributed by atoms with E-state index >= 15 is 0 Å². The Labute approximate surface area is 159 Å². The van der Waals surface area contributed by atoms with Crippen LogP contribution in [0.15, 0.2) is 34.5 Å². The Morgan fingerprint density at radius 3 is 2.56 bits per heavy atom. The van der Waals surface area contributed by atoms with Crippen molar-refractivity contribution in [2.75, 3.05) is 13.2 Å². The van der Waals surface area contributed by atoms with Gasteiger partial charge in [0.25, 0.3) is 5.56 Å². The summed E-state index contributed by atoms with van der Waals surface area (Å²) in [6.45, 7) is 14.2. The van der Waals surface area contributed by atoms with E-state index < -0.39 is 44.1 Å². The second kappa shape index (κ2) is 8.23. The molecule has 2 rings (SSSR count). The van der Waals surface area contributed by atoms with Crippen LogP contribution in [0.2, 0.25) is 18.1 Å². The number of nitrogens with one attached hydrogen (secondary N) is 1. The summed E-state index contributed by atoms with van der Waals surface area (Å²) in [4.78, 5) is 25.8. The molecule has 0 spiro atoms. The minimum atomic E-state index is -2.20. The third-order valence-corrected chi connectivity index (χ3v) is 9.71. The minimum Gasteiger partial charge on any atom is -0.408 e. The summed E-state index contributed by atoms with van der Waals surface area (Å²) in [5, 5.41) is 9.79. The smallest absolute Gasteiger partial charge is 0.330 e. The zero-order valence-electron chi connectivity index (χ0n) is 16.6. The molecule has 9 heteroatoms. The van der Waals surface area contributed by atoms with Crippen LogP contribution >= 0.6 is 0 Å². The first kappa shape index (κ1) is 21.8. The largest absolute Gasteiger partial charge is 0.408 e. The van der Waals surface area contributed by atoms with E-state index in [1.807, 2.05) is 0 Å². The summed E-state index contributed by atoms with van der Waals surface area (Å²) in [5.74, 6) is 0. The summed E-state index contributed by atoms with van der Waals surface area (Å²) in [6, 6.07) is 1.24. The van der Waals surface area contributed by atoms with Gasteiger partial charge in [-0.3, -0.25) is 14.3 Å². The zero-order valence-corrected chi connectivity index (χ0v) is 17.6. The molecule has 1 aromatic rings. The third-order valence-electron chi connectivity index (χ3n) is 5.23. The fraction of sp³-hybridized carbons (Fsp3) is 0.667. The van der Waals surface area contributed by atoms with E-state index in [4.69, 9.17) is 13.9 Å².